The fourth-order valence-corrected chi connectivity index (χ4v) is 1.57. The lowest BCUT2D eigenvalue weighted by Gasteiger charge is -2.24. The fraction of sp³-hybridized carbons (Fsp3) is 0.467. The molecule has 21 heavy (non-hydrogen) atoms. The SMILES string of the molecule is CCC(C)(NC(=O)NCCCOc1ccccc1)C(=O)O. The number of urea groups is 1. The number of carboxylic acid groups (broad SMARTS) is 1. The van der Waals surface area contributed by atoms with Crippen molar-refractivity contribution in [3.8, 4) is 5.75 Å². The summed E-state index contributed by atoms with van der Waals surface area (Å²) in [6.07, 6.45) is 0.950. The number of para-hydroxylation sites is 1. The highest BCUT2D eigenvalue weighted by atomic mass is 16.5. The molecule has 0 spiro atoms. The molecule has 0 saturated heterocycles. The zero-order valence-corrected chi connectivity index (χ0v) is 12.4. The number of carbonyl (C=O) groups excluding carboxylic acids is 1. The number of amides is 2. The van der Waals surface area contributed by atoms with Crippen molar-refractivity contribution >= 4 is 12.0 Å². The highest BCUT2D eigenvalue weighted by Gasteiger charge is 2.32. The van der Waals surface area contributed by atoms with E-state index in [1.54, 1.807) is 6.92 Å². The minimum atomic E-state index is -1.25. The van der Waals surface area contributed by atoms with E-state index >= 15 is 0 Å². The summed E-state index contributed by atoms with van der Waals surface area (Å²) in [5.74, 6) is -0.265. The van der Waals surface area contributed by atoms with Crippen LogP contribution in [0, 0.1) is 0 Å². The zero-order chi connectivity index (χ0) is 15.7. The van der Waals surface area contributed by atoms with Crippen LogP contribution in [0.4, 0.5) is 4.79 Å². The first-order valence-electron chi connectivity index (χ1n) is 6.95. The van der Waals surface area contributed by atoms with Crippen LogP contribution in [-0.4, -0.2) is 35.8 Å². The summed E-state index contributed by atoms with van der Waals surface area (Å²) in [7, 11) is 0. The van der Waals surface area contributed by atoms with E-state index in [0.717, 1.165) is 5.75 Å². The van der Waals surface area contributed by atoms with Gasteiger partial charge in [-0.1, -0.05) is 25.1 Å². The number of nitrogens with one attached hydrogen (secondary N) is 2. The Morgan fingerprint density at radius 3 is 2.52 bits per heavy atom. The highest BCUT2D eigenvalue weighted by molar-refractivity contribution is 5.85. The minimum absolute atomic E-state index is 0.312. The van der Waals surface area contributed by atoms with Gasteiger partial charge in [-0.25, -0.2) is 9.59 Å². The Morgan fingerprint density at radius 2 is 1.95 bits per heavy atom. The Morgan fingerprint density at radius 1 is 1.29 bits per heavy atom. The summed E-state index contributed by atoms with van der Waals surface area (Å²) < 4.78 is 5.48. The smallest absolute Gasteiger partial charge is 0.329 e. The molecule has 6 nitrogen and oxygen atoms in total. The summed E-state index contributed by atoms with van der Waals surface area (Å²) in [5.41, 5.74) is -1.25. The molecule has 0 aliphatic rings. The van der Waals surface area contributed by atoms with Gasteiger partial charge < -0.3 is 20.5 Å². The second kappa shape index (κ2) is 8.14. The van der Waals surface area contributed by atoms with Crippen molar-refractivity contribution in [2.24, 2.45) is 0 Å². The Balaban J connectivity index is 2.20. The molecule has 0 radical (unpaired) electrons. The van der Waals surface area contributed by atoms with Gasteiger partial charge in [0.2, 0.25) is 0 Å². The van der Waals surface area contributed by atoms with E-state index in [1.807, 2.05) is 30.3 Å². The second-order valence-corrected chi connectivity index (χ2v) is 4.89. The second-order valence-electron chi connectivity index (χ2n) is 4.89. The quantitative estimate of drug-likeness (QED) is 0.640. The third kappa shape index (κ3) is 5.72. The van der Waals surface area contributed by atoms with Crippen LogP contribution in [0.25, 0.3) is 0 Å². The molecule has 0 bridgehead atoms. The lowest BCUT2D eigenvalue weighted by molar-refractivity contribution is -0.143. The molecule has 1 unspecified atom stereocenters. The molecule has 116 valence electrons. The average Bonchev–Trinajstić information content (AvgIpc) is 2.47. The molecule has 0 fully saturated rings. The van der Waals surface area contributed by atoms with Gasteiger partial charge in [-0.2, -0.15) is 0 Å². The van der Waals surface area contributed by atoms with Crippen LogP contribution in [0.1, 0.15) is 26.7 Å². The van der Waals surface area contributed by atoms with Crippen molar-refractivity contribution in [3.63, 3.8) is 0 Å². The number of hydrogen-bond donors (Lipinski definition) is 3. The monoisotopic (exact) mass is 294 g/mol. The Labute approximate surface area is 124 Å². The van der Waals surface area contributed by atoms with Crippen LogP contribution in [0.2, 0.25) is 0 Å². The Bertz CT molecular complexity index is 464. The van der Waals surface area contributed by atoms with Crippen LogP contribution < -0.4 is 15.4 Å². The molecule has 6 heteroatoms. The third-order valence-electron chi connectivity index (χ3n) is 3.19. The maximum atomic E-state index is 11.6. The van der Waals surface area contributed by atoms with Gasteiger partial charge in [0.05, 0.1) is 6.61 Å². The topological polar surface area (TPSA) is 87.7 Å². The molecule has 1 aromatic carbocycles. The molecule has 0 aliphatic carbocycles. The molecule has 0 heterocycles. The van der Waals surface area contributed by atoms with Gasteiger partial charge in [0.15, 0.2) is 0 Å². The number of hydrogen-bond acceptors (Lipinski definition) is 3. The Hall–Kier alpha value is -2.24. The first-order valence-corrected chi connectivity index (χ1v) is 6.95. The van der Waals surface area contributed by atoms with Crippen molar-refractivity contribution in [1.29, 1.82) is 0 Å². The van der Waals surface area contributed by atoms with E-state index in [9.17, 15) is 9.59 Å². The number of benzene rings is 1. The largest absolute Gasteiger partial charge is 0.494 e. The number of ether oxygens (including phenoxy) is 1. The summed E-state index contributed by atoms with van der Waals surface area (Å²) in [4.78, 5) is 22.7. The molecule has 0 aliphatic heterocycles. The highest BCUT2D eigenvalue weighted by Crippen LogP contribution is 2.09. The van der Waals surface area contributed by atoms with Crippen molar-refractivity contribution in [2.45, 2.75) is 32.2 Å². The fourth-order valence-electron chi connectivity index (χ4n) is 1.57. The minimum Gasteiger partial charge on any atom is -0.494 e. The van der Waals surface area contributed by atoms with Gasteiger partial charge >= 0.3 is 12.0 Å². The standard InChI is InChI=1S/C15H22N2O4/c1-3-15(2,13(18)19)17-14(20)16-10-7-11-21-12-8-5-4-6-9-12/h4-6,8-9H,3,7,10-11H2,1-2H3,(H,18,19)(H2,16,17,20). The van der Waals surface area contributed by atoms with Crippen molar-refractivity contribution in [3.05, 3.63) is 30.3 Å². The summed E-state index contributed by atoms with van der Waals surface area (Å²) >= 11 is 0. The lowest BCUT2D eigenvalue weighted by atomic mass is 10.00. The predicted molar refractivity (Wildman–Crippen MR) is 79.4 cm³/mol. The van der Waals surface area contributed by atoms with Crippen LogP contribution in [-0.2, 0) is 4.79 Å². The molecule has 0 saturated carbocycles. The van der Waals surface area contributed by atoms with Gasteiger partial charge in [-0.05, 0) is 31.9 Å². The molecule has 0 aromatic heterocycles. The normalized spacial score (nSPS) is 13.0. The number of carbonyl (C=O) groups is 2. The lowest BCUT2D eigenvalue weighted by Crippen LogP contribution is -2.54. The third-order valence-corrected chi connectivity index (χ3v) is 3.19. The van der Waals surface area contributed by atoms with E-state index in [0.29, 0.717) is 26.0 Å². The van der Waals surface area contributed by atoms with Crippen LogP contribution >= 0.6 is 0 Å². The van der Waals surface area contributed by atoms with Crippen molar-refractivity contribution in [1.82, 2.24) is 10.6 Å². The van der Waals surface area contributed by atoms with Gasteiger partial charge in [0, 0.05) is 6.54 Å². The van der Waals surface area contributed by atoms with Crippen molar-refractivity contribution in [2.75, 3.05) is 13.2 Å². The van der Waals surface area contributed by atoms with E-state index in [4.69, 9.17) is 9.84 Å². The maximum absolute atomic E-state index is 11.6. The van der Waals surface area contributed by atoms with Gasteiger partial charge in [0.1, 0.15) is 11.3 Å². The number of carboxylic acids is 1. The van der Waals surface area contributed by atoms with Crippen molar-refractivity contribution < 1.29 is 19.4 Å². The molecular formula is C15H22N2O4. The zero-order valence-electron chi connectivity index (χ0n) is 12.4. The van der Waals surface area contributed by atoms with Crippen LogP contribution in [0.3, 0.4) is 0 Å². The first kappa shape index (κ1) is 16.8. The molecule has 3 N–H and O–H groups in total. The number of aliphatic carboxylic acids is 1. The maximum Gasteiger partial charge on any atom is 0.329 e. The molecular weight excluding hydrogens is 272 g/mol. The summed E-state index contributed by atoms with van der Waals surface area (Å²) in [6, 6.07) is 8.92. The number of rotatable bonds is 8. The molecule has 2 amide bonds. The Kier molecular flexibility index (Phi) is 6.52. The van der Waals surface area contributed by atoms with Gasteiger partial charge in [-0.3, -0.25) is 0 Å². The van der Waals surface area contributed by atoms with Gasteiger partial charge in [0.25, 0.3) is 0 Å². The van der Waals surface area contributed by atoms with E-state index in [2.05, 4.69) is 10.6 Å². The molecule has 1 atom stereocenters. The predicted octanol–water partition coefficient (Wildman–Crippen LogP) is 2.01. The van der Waals surface area contributed by atoms with Crippen LogP contribution in [0.5, 0.6) is 5.75 Å². The van der Waals surface area contributed by atoms with Crippen LogP contribution in [0.15, 0.2) is 30.3 Å². The van der Waals surface area contributed by atoms with E-state index < -0.39 is 17.5 Å². The first-order chi connectivity index (χ1) is 9.98. The van der Waals surface area contributed by atoms with Gasteiger partial charge in [-0.15, -0.1) is 0 Å². The van der Waals surface area contributed by atoms with E-state index in [1.165, 1.54) is 6.92 Å². The molecule has 1 aromatic rings. The van der Waals surface area contributed by atoms with E-state index in [-0.39, 0.29) is 0 Å². The molecule has 1 rings (SSSR count). The average molecular weight is 294 g/mol. The summed E-state index contributed by atoms with van der Waals surface area (Å²) in [6.45, 7) is 4.09. The summed E-state index contributed by atoms with van der Waals surface area (Å²) in [5, 5.41) is 14.1.